The number of fused-ring (bicyclic) bond motifs is 1. The number of nitrogens with zero attached hydrogens (tertiary/aromatic N) is 4. The van der Waals surface area contributed by atoms with Gasteiger partial charge in [-0.25, -0.2) is 0 Å². The first-order chi connectivity index (χ1) is 14.0. The van der Waals surface area contributed by atoms with E-state index in [9.17, 15) is 4.79 Å². The highest BCUT2D eigenvalue weighted by Crippen LogP contribution is 2.28. The van der Waals surface area contributed by atoms with Crippen molar-refractivity contribution in [1.82, 2.24) is 19.5 Å². The molecule has 0 bridgehead atoms. The molecule has 6 heteroatoms. The predicted octanol–water partition coefficient (Wildman–Crippen LogP) is 5.07. The number of benzene rings is 2. The molecule has 0 aliphatic carbocycles. The molecule has 4 aromatic rings. The number of carbonyl (C=O) groups is 1. The monoisotopic (exact) mass is 404 g/mol. The first-order valence-electron chi connectivity index (χ1n) is 9.76. The van der Waals surface area contributed by atoms with Crippen LogP contribution >= 0.6 is 11.3 Å². The Morgan fingerprint density at radius 2 is 1.52 bits per heavy atom. The molecule has 0 atom stereocenters. The third kappa shape index (κ3) is 3.93. The van der Waals surface area contributed by atoms with Gasteiger partial charge < -0.3 is 4.90 Å². The molecule has 5 nitrogen and oxygen atoms in total. The lowest BCUT2D eigenvalue weighted by Crippen LogP contribution is -2.30. The van der Waals surface area contributed by atoms with Crippen molar-refractivity contribution in [3.05, 3.63) is 88.2 Å². The number of aryl methyl sites for hydroxylation is 1. The van der Waals surface area contributed by atoms with Crippen molar-refractivity contribution in [3.63, 3.8) is 0 Å². The third-order valence-electron chi connectivity index (χ3n) is 4.95. The molecule has 0 saturated carbocycles. The number of carbonyl (C=O) groups excluding carboxylic acids is 1. The van der Waals surface area contributed by atoms with E-state index in [2.05, 4.69) is 48.3 Å². The maximum atomic E-state index is 13.6. The number of thiazole rings is 1. The topological polar surface area (TPSA) is 50.5 Å². The fourth-order valence-corrected chi connectivity index (χ4v) is 4.49. The Balaban J connectivity index is 1.71. The van der Waals surface area contributed by atoms with Crippen LogP contribution in [0.2, 0.25) is 0 Å². The first-order valence-corrected chi connectivity index (χ1v) is 10.6. The van der Waals surface area contributed by atoms with Crippen LogP contribution in [0.3, 0.4) is 0 Å². The summed E-state index contributed by atoms with van der Waals surface area (Å²) in [5.74, 6) is 1.16. The molecule has 148 valence electrons. The van der Waals surface area contributed by atoms with Gasteiger partial charge in [-0.2, -0.15) is 0 Å². The minimum atomic E-state index is 0.0282. The van der Waals surface area contributed by atoms with E-state index in [1.165, 1.54) is 11.3 Å². The maximum absolute atomic E-state index is 13.6. The molecule has 0 unspecified atom stereocenters. The van der Waals surface area contributed by atoms with E-state index in [4.69, 9.17) is 0 Å². The minimum Gasteiger partial charge on any atom is -0.329 e. The van der Waals surface area contributed by atoms with Gasteiger partial charge in [-0.3, -0.25) is 9.20 Å². The summed E-state index contributed by atoms with van der Waals surface area (Å²) in [6.45, 7) is 7.28. The average molecular weight is 405 g/mol. The van der Waals surface area contributed by atoms with E-state index in [1.807, 2.05) is 52.6 Å². The molecule has 0 N–H and O–H groups in total. The summed E-state index contributed by atoms with van der Waals surface area (Å²) < 4.78 is 2.02. The number of rotatable bonds is 6. The Hall–Kier alpha value is -2.99. The van der Waals surface area contributed by atoms with Crippen LogP contribution in [0, 0.1) is 6.92 Å². The van der Waals surface area contributed by atoms with Crippen molar-refractivity contribution < 1.29 is 4.79 Å². The van der Waals surface area contributed by atoms with E-state index in [-0.39, 0.29) is 11.8 Å². The van der Waals surface area contributed by atoms with Crippen LogP contribution in [0.4, 0.5) is 0 Å². The number of hydrogen-bond donors (Lipinski definition) is 0. The molecule has 2 aromatic heterocycles. The first kappa shape index (κ1) is 19.3. The zero-order valence-corrected chi connectivity index (χ0v) is 17.7. The van der Waals surface area contributed by atoms with Crippen LogP contribution in [-0.2, 0) is 13.1 Å². The Morgan fingerprint density at radius 1 is 0.966 bits per heavy atom. The van der Waals surface area contributed by atoms with Crippen molar-refractivity contribution >= 4 is 22.2 Å². The normalized spacial score (nSPS) is 11.3. The predicted molar refractivity (Wildman–Crippen MR) is 116 cm³/mol. The summed E-state index contributed by atoms with van der Waals surface area (Å²) in [5, 5.41) is 8.59. The van der Waals surface area contributed by atoms with Gasteiger partial charge >= 0.3 is 0 Å². The highest BCUT2D eigenvalue weighted by atomic mass is 32.1. The molecule has 0 aliphatic heterocycles. The molecule has 0 fully saturated rings. The number of aromatic nitrogens is 3. The van der Waals surface area contributed by atoms with E-state index in [1.54, 1.807) is 0 Å². The maximum Gasteiger partial charge on any atom is 0.266 e. The lowest BCUT2D eigenvalue weighted by atomic mass is 10.1. The van der Waals surface area contributed by atoms with Gasteiger partial charge in [-0.15, -0.1) is 10.2 Å². The van der Waals surface area contributed by atoms with Crippen molar-refractivity contribution in [2.75, 3.05) is 0 Å². The van der Waals surface area contributed by atoms with Crippen molar-refractivity contribution in [1.29, 1.82) is 0 Å². The Kier molecular flexibility index (Phi) is 5.45. The van der Waals surface area contributed by atoms with Gasteiger partial charge in [0.05, 0.1) is 0 Å². The SMILES string of the molecule is Cc1c(C(=O)N(Cc2ccccc2)Cc2ccccc2)sc2nnc(C(C)C)n12. The van der Waals surface area contributed by atoms with Gasteiger partial charge in [-0.1, -0.05) is 85.8 Å². The second kappa shape index (κ2) is 8.17. The van der Waals surface area contributed by atoms with Gasteiger partial charge in [0.1, 0.15) is 10.7 Å². The lowest BCUT2D eigenvalue weighted by Gasteiger charge is -2.23. The highest BCUT2D eigenvalue weighted by molar-refractivity contribution is 7.19. The van der Waals surface area contributed by atoms with Crippen LogP contribution in [0.15, 0.2) is 60.7 Å². The molecular formula is C23H24N4OS. The van der Waals surface area contributed by atoms with Crippen LogP contribution in [0.5, 0.6) is 0 Å². The molecule has 29 heavy (non-hydrogen) atoms. The molecule has 0 radical (unpaired) electrons. The van der Waals surface area contributed by atoms with Crippen LogP contribution < -0.4 is 0 Å². The van der Waals surface area contributed by atoms with E-state index >= 15 is 0 Å². The van der Waals surface area contributed by atoms with Crippen LogP contribution in [0.25, 0.3) is 4.96 Å². The number of hydrogen-bond acceptors (Lipinski definition) is 4. The third-order valence-corrected chi connectivity index (χ3v) is 6.07. The summed E-state index contributed by atoms with van der Waals surface area (Å²) >= 11 is 1.42. The standard InChI is InChI=1S/C23H24N4OS/c1-16(2)21-24-25-23-27(21)17(3)20(29-23)22(28)26(14-18-10-6-4-7-11-18)15-19-12-8-5-9-13-19/h4-13,16H,14-15H2,1-3H3. The lowest BCUT2D eigenvalue weighted by molar-refractivity contribution is 0.0734. The second-order valence-corrected chi connectivity index (χ2v) is 8.46. The molecule has 0 spiro atoms. The molecule has 2 aromatic carbocycles. The molecule has 4 rings (SSSR count). The van der Waals surface area contributed by atoms with Crippen LogP contribution in [0.1, 0.15) is 52.1 Å². The van der Waals surface area contributed by atoms with Crippen LogP contribution in [-0.4, -0.2) is 25.4 Å². The zero-order chi connectivity index (χ0) is 20.4. The second-order valence-electron chi connectivity index (χ2n) is 7.48. The highest BCUT2D eigenvalue weighted by Gasteiger charge is 2.25. The van der Waals surface area contributed by atoms with E-state index < -0.39 is 0 Å². The van der Waals surface area contributed by atoms with Gasteiger partial charge in [0.15, 0.2) is 0 Å². The van der Waals surface area contributed by atoms with Gasteiger partial charge in [0.25, 0.3) is 5.91 Å². The summed E-state index contributed by atoms with van der Waals surface area (Å²) in [5.41, 5.74) is 3.13. The van der Waals surface area contributed by atoms with E-state index in [0.717, 1.165) is 32.5 Å². The molecular weight excluding hydrogens is 380 g/mol. The zero-order valence-electron chi connectivity index (χ0n) is 16.9. The van der Waals surface area contributed by atoms with E-state index in [0.29, 0.717) is 13.1 Å². The van der Waals surface area contributed by atoms with Gasteiger partial charge in [0, 0.05) is 24.7 Å². The minimum absolute atomic E-state index is 0.0282. The number of amides is 1. The Bertz CT molecular complexity index is 1070. The molecule has 0 saturated heterocycles. The van der Waals surface area contributed by atoms with Gasteiger partial charge in [-0.05, 0) is 18.1 Å². The summed E-state index contributed by atoms with van der Waals surface area (Å²) in [6.07, 6.45) is 0. The Labute approximate surface area is 174 Å². The molecule has 2 heterocycles. The fourth-order valence-electron chi connectivity index (χ4n) is 3.45. The summed E-state index contributed by atoms with van der Waals surface area (Å²) in [7, 11) is 0. The van der Waals surface area contributed by atoms with Crippen molar-refractivity contribution in [2.24, 2.45) is 0 Å². The Morgan fingerprint density at radius 3 is 2.03 bits per heavy atom. The summed E-state index contributed by atoms with van der Waals surface area (Å²) in [4.78, 5) is 17.0. The largest absolute Gasteiger partial charge is 0.329 e. The molecule has 1 amide bonds. The van der Waals surface area contributed by atoms with Crippen molar-refractivity contribution in [3.8, 4) is 0 Å². The van der Waals surface area contributed by atoms with Gasteiger partial charge in [0.2, 0.25) is 4.96 Å². The summed E-state index contributed by atoms with van der Waals surface area (Å²) in [6, 6.07) is 20.2. The quantitative estimate of drug-likeness (QED) is 0.451. The smallest absolute Gasteiger partial charge is 0.266 e. The average Bonchev–Trinajstić information content (AvgIpc) is 3.29. The molecule has 0 aliphatic rings. The van der Waals surface area contributed by atoms with Crippen molar-refractivity contribution in [2.45, 2.75) is 39.8 Å². The fraction of sp³-hybridized carbons (Fsp3) is 0.261.